The van der Waals surface area contributed by atoms with Gasteiger partial charge in [-0.25, -0.2) is 4.79 Å². The Morgan fingerprint density at radius 2 is 2.22 bits per heavy atom. The maximum atomic E-state index is 11.7. The summed E-state index contributed by atoms with van der Waals surface area (Å²) in [4.78, 5) is 23.9. The molecule has 2 heterocycles. The van der Waals surface area contributed by atoms with E-state index in [1.54, 1.807) is 4.90 Å². The molecule has 0 radical (unpaired) electrons. The molecule has 2 rings (SSSR count). The number of hydrogen-bond acceptors (Lipinski definition) is 5. The number of nitrogens with zero attached hydrogens (tertiary/aromatic N) is 2. The van der Waals surface area contributed by atoms with E-state index in [1.165, 1.54) is 6.07 Å². The molecule has 1 saturated heterocycles. The van der Waals surface area contributed by atoms with Crippen LogP contribution in [0.3, 0.4) is 0 Å². The lowest BCUT2D eigenvalue weighted by atomic mass is 10.4. The van der Waals surface area contributed by atoms with Gasteiger partial charge in [-0.15, -0.1) is 5.10 Å². The van der Waals surface area contributed by atoms with Gasteiger partial charge in [0.2, 0.25) is 5.88 Å². The third-order valence-electron chi connectivity index (χ3n) is 2.49. The second-order valence-corrected chi connectivity index (χ2v) is 3.71. The maximum absolute atomic E-state index is 11.7. The number of aromatic nitrogens is 2. The average molecular weight is 255 g/mol. The van der Waals surface area contributed by atoms with Gasteiger partial charge in [-0.2, -0.15) is 0 Å². The summed E-state index contributed by atoms with van der Waals surface area (Å²) in [6, 6.07) is 1.23. The van der Waals surface area contributed by atoms with Crippen molar-refractivity contribution in [3.8, 4) is 5.88 Å². The number of hydrogen-bond donors (Lipinski definition) is 2. The van der Waals surface area contributed by atoms with Crippen LogP contribution in [0.2, 0.25) is 0 Å². The molecule has 0 unspecified atom stereocenters. The standard InChI is InChI=1S/C10H13N3O5/c14-9(13-1-3-17-4-2-13)6-18-8-5-7(10(15)16)11-12-8/h5H,1-4,6H2,(H,11,12)(H,15,16). The van der Waals surface area contributed by atoms with Gasteiger partial charge in [-0.3, -0.25) is 9.89 Å². The topological polar surface area (TPSA) is 105 Å². The number of aromatic carboxylic acids is 1. The lowest BCUT2D eigenvalue weighted by Gasteiger charge is -2.26. The van der Waals surface area contributed by atoms with Crippen molar-refractivity contribution in [2.45, 2.75) is 0 Å². The molecule has 1 fully saturated rings. The summed E-state index contributed by atoms with van der Waals surface area (Å²) < 4.78 is 10.2. The molecule has 1 amide bonds. The van der Waals surface area contributed by atoms with Crippen molar-refractivity contribution >= 4 is 11.9 Å². The Kier molecular flexibility index (Phi) is 3.78. The van der Waals surface area contributed by atoms with Gasteiger partial charge in [-0.05, 0) is 0 Å². The van der Waals surface area contributed by atoms with Crippen molar-refractivity contribution in [2.24, 2.45) is 0 Å². The van der Waals surface area contributed by atoms with Crippen molar-refractivity contribution in [1.82, 2.24) is 15.1 Å². The highest BCUT2D eigenvalue weighted by Crippen LogP contribution is 2.08. The molecule has 0 saturated carbocycles. The first-order valence-corrected chi connectivity index (χ1v) is 5.44. The van der Waals surface area contributed by atoms with Gasteiger partial charge in [0.25, 0.3) is 5.91 Å². The van der Waals surface area contributed by atoms with Crippen LogP contribution in [0.15, 0.2) is 6.07 Å². The zero-order chi connectivity index (χ0) is 13.0. The molecule has 0 spiro atoms. The summed E-state index contributed by atoms with van der Waals surface area (Å²) in [5.74, 6) is -1.20. The molecule has 8 nitrogen and oxygen atoms in total. The van der Waals surface area contributed by atoms with Gasteiger partial charge >= 0.3 is 5.97 Å². The molecule has 0 aromatic carbocycles. The first kappa shape index (κ1) is 12.4. The minimum absolute atomic E-state index is 0.0798. The second kappa shape index (κ2) is 5.50. The number of carbonyl (C=O) groups is 2. The number of ether oxygens (including phenoxy) is 2. The zero-order valence-electron chi connectivity index (χ0n) is 9.59. The van der Waals surface area contributed by atoms with Crippen LogP contribution in [-0.2, 0) is 9.53 Å². The van der Waals surface area contributed by atoms with Gasteiger partial charge in [0.15, 0.2) is 6.61 Å². The number of H-pyrrole nitrogens is 1. The summed E-state index contributed by atoms with van der Waals surface area (Å²) in [6.07, 6.45) is 0. The van der Waals surface area contributed by atoms with Crippen LogP contribution in [0.1, 0.15) is 10.5 Å². The van der Waals surface area contributed by atoms with E-state index in [2.05, 4.69) is 10.2 Å². The summed E-state index contributed by atoms with van der Waals surface area (Å²) in [5.41, 5.74) is -0.0798. The monoisotopic (exact) mass is 255 g/mol. The van der Waals surface area contributed by atoms with E-state index in [4.69, 9.17) is 14.6 Å². The van der Waals surface area contributed by atoms with Crippen LogP contribution in [-0.4, -0.2) is 65.0 Å². The quantitative estimate of drug-likeness (QED) is 0.740. The number of amides is 1. The van der Waals surface area contributed by atoms with Crippen molar-refractivity contribution in [3.05, 3.63) is 11.8 Å². The summed E-state index contributed by atoms with van der Waals surface area (Å²) in [5, 5.41) is 14.6. The molecule has 98 valence electrons. The fourth-order valence-corrected chi connectivity index (χ4v) is 1.53. The average Bonchev–Trinajstić information content (AvgIpc) is 2.86. The van der Waals surface area contributed by atoms with Gasteiger partial charge in [0.05, 0.1) is 13.2 Å². The Labute approximate surface area is 102 Å². The first-order valence-electron chi connectivity index (χ1n) is 5.44. The van der Waals surface area contributed by atoms with Crippen LogP contribution in [0, 0.1) is 0 Å². The predicted molar refractivity (Wildman–Crippen MR) is 58.4 cm³/mol. The molecule has 18 heavy (non-hydrogen) atoms. The van der Waals surface area contributed by atoms with Crippen LogP contribution in [0.5, 0.6) is 5.88 Å². The van der Waals surface area contributed by atoms with E-state index in [-0.39, 0.29) is 24.1 Å². The van der Waals surface area contributed by atoms with E-state index in [9.17, 15) is 9.59 Å². The predicted octanol–water partition coefficient (Wildman–Crippen LogP) is -0.655. The highest BCUT2D eigenvalue weighted by atomic mass is 16.5. The third-order valence-corrected chi connectivity index (χ3v) is 2.49. The van der Waals surface area contributed by atoms with Crippen molar-refractivity contribution in [2.75, 3.05) is 32.9 Å². The van der Waals surface area contributed by atoms with Crippen LogP contribution >= 0.6 is 0 Å². The van der Waals surface area contributed by atoms with E-state index in [1.807, 2.05) is 0 Å². The van der Waals surface area contributed by atoms with E-state index in [0.29, 0.717) is 26.3 Å². The summed E-state index contributed by atoms with van der Waals surface area (Å²) in [6.45, 7) is 1.98. The molecule has 1 aromatic rings. The number of aromatic amines is 1. The highest BCUT2D eigenvalue weighted by molar-refractivity contribution is 5.85. The van der Waals surface area contributed by atoms with E-state index >= 15 is 0 Å². The second-order valence-electron chi connectivity index (χ2n) is 3.71. The molecule has 1 aliphatic rings. The molecule has 1 aromatic heterocycles. The highest BCUT2D eigenvalue weighted by Gasteiger charge is 2.18. The Morgan fingerprint density at radius 3 is 2.83 bits per heavy atom. The van der Waals surface area contributed by atoms with Gasteiger partial charge in [-0.1, -0.05) is 0 Å². The number of carboxylic acids is 1. The number of nitrogens with one attached hydrogen (secondary N) is 1. The number of carbonyl (C=O) groups excluding carboxylic acids is 1. The Balaban J connectivity index is 1.82. The van der Waals surface area contributed by atoms with Crippen molar-refractivity contribution in [3.63, 3.8) is 0 Å². The lowest BCUT2D eigenvalue weighted by molar-refractivity contribution is -0.137. The normalized spacial score (nSPS) is 15.4. The first-order chi connectivity index (χ1) is 8.66. The van der Waals surface area contributed by atoms with Crippen LogP contribution in [0.4, 0.5) is 0 Å². The van der Waals surface area contributed by atoms with Crippen LogP contribution < -0.4 is 4.74 Å². The van der Waals surface area contributed by atoms with Crippen molar-refractivity contribution < 1.29 is 24.2 Å². The van der Waals surface area contributed by atoms with Gasteiger partial charge in [0.1, 0.15) is 5.69 Å². The summed E-state index contributed by atoms with van der Waals surface area (Å²) in [7, 11) is 0. The van der Waals surface area contributed by atoms with E-state index in [0.717, 1.165) is 0 Å². The maximum Gasteiger partial charge on any atom is 0.354 e. The largest absolute Gasteiger partial charge is 0.477 e. The molecule has 0 atom stereocenters. The van der Waals surface area contributed by atoms with Crippen molar-refractivity contribution in [1.29, 1.82) is 0 Å². The van der Waals surface area contributed by atoms with Gasteiger partial charge in [0, 0.05) is 19.2 Å². The SMILES string of the molecule is O=C(O)c1cc(OCC(=O)N2CCOCC2)n[nH]1. The minimum Gasteiger partial charge on any atom is -0.477 e. The molecule has 0 bridgehead atoms. The Hall–Kier alpha value is -2.09. The fraction of sp³-hybridized carbons (Fsp3) is 0.500. The summed E-state index contributed by atoms with van der Waals surface area (Å²) >= 11 is 0. The minimum atomic E-state index is -1.13. The smallest absolute Gasteiger partial charge is 0.354 e. The molecule has 1 aliphatic heterocycles. The fourth-order valence-electron chi connectivity index (χ4n) is 1.53. The molecule has 8 heteroatoms. The Morgan fingerprint density at radius 1 is 1.50 bits per heavy atom. The van der Waals surface area contributed by atoms with E-state index < -0.39 is 5.97 Å². The Bertz CT molecular complexity index is 438. The van der Waals surface area contributed by atoms with Gasteiger partial charge < -0.3 is 19.5 Å². The zero-order valence-corrected chi connectivity index (χ0v) is 9.59. The number of carboxylic acid groups (broad SMARTS) is 1. The van der Waals surface area contributed by atoms with Crippen LogP contribution in [0.25, 0.3) is 0 Å². The number of rotatable bonds is 4. The molecular weight excluding hydrogens is 242 g/mol. The third kappa shape index (κ3) is 2.98. The molecular formula is C10H13N3O5. The molecule has 2 N–H and O–H groups in total. The molecule has 0 aliphatic carbocycles. The lowest BCUT2D eigenvalue weighted by Crippen LogP contribution is -2.43. The number of morpholine rings is 1.